The number of aryl methyl sites for hydroxylation is 2. The topological polar surface area (TPSA) is 86.7 Å². The summed E-state index contributed by atoms with van der Waals surface area (Å²) >= 11 is 0. The summed E-state index contributed by atoms with van der Waals surface area (Å²) in [6.45, 7) is 13.2. The molecule has 6 nitrogen and oxygen atoms in total. The molecule has 2 fully saturated rings. The lowest BCUT2D eigenvalue weighted by Gasteiger charge is -2.42. The highest BCUT2D eigenvalue weighted by Gasteiger charge is 2.56. The Kier molecular flexibility index (Phi) is 12.7. The number of hydrogen-bond acceptors (Lipinski definition) is 5. The number of halogens is 2. The predicted octanol–water partition coefficient (Wildman–Crippen LogP) is 9.16. The van der Waals surface area contributed by atoms with Crippen molar-refractivity contribution >= 4 is 16.8 Å². The Morgan fingerprint density at radius 1 is 0.977 bits per heavy atom. The monoisotopic (exact) mass is 605 g/mol. The molecule has 8 heteroatoms. The van der Waals surface area contributed by atoms with E-state index in [1.807, 2.05) is 56.3 Å². The van der Waals surface area contributed by atoms with Crippen LogP contribution in [0.1, 0.15) is 108 Å². The SMILES string of the molecule is CC.CC(=O)c1ccccc1.CC1CC1.CCCC.NC1(c2ncc(-c3ccc4nc5n(c4c3)CCC5)cn2)CC(F)(F)C1. The van der Waals surface area contributed by atoms with E-state index in [9.17, 15) is 13.6 Å². The Morgan fingerprint density at radius 2 is 1.57 bits per heavy atom. The van der Waals surface area contributed by atoms with E-state index < -0.39 is 24.3 Å². The van der Waals surface area contributed by atoms with Crippen molar-refractivity contribution in [1.82, 2.24) is 19.5 Å². The molecule has 4 aromatic rings. The number of carbonyl (C=O) groups excluding carboxylic acids is 1. The summed E-state index contributed by atoms with van der Waals surface area (Å²) < 4.78 is 28.5. The third kappa shape index (κ3) is 9.49. The molecule has 2 aromatic heterocycles. The van der Waals surface area contributed by atoms with Crippen LogP contribution in [0.3, 0.4) is 0 Å². The molecule has 2 aliphatic carbocycles. The van der Waals surface area contributed by atoms with Gasteiger partial charge in [-0.1, -0.05) is 96.7 Å². The standard InChI is InChI=1S/C18H17F2N5.C8H8O.C4H8.C4H10.C2H6/c19-18(20)9-17(21,10-18)16-22-7-12(8-23-16)11-3-4-13-14(6-11)25-5-1-2-15(25)24-13;1-7(9)8-5-3-2-4-6-8;1-4-2-3-4;1-3-4-2;1-2/h3-4,6-8H,1-2,5,9-10,21H2;2-6H,1H3;4H,2-3H2,1H3;3-4H2,1-2H3;1-2H3. The van der Waals surface area contributed by atoms with Crippen LogP contribution in [0.4, 0.5) is 8.78 Å². The fraction of sp³-hybridized carbons (Fsp3) is 0.500. The summed E-state index contributed by atoms with van der Waals surface area (Å²) in [4.78, 5) is 23.8. The Labute approximate surface area is 261 Å². The number of nitrogens with two attached hydrogens (primary N) is 1. The molecule has 0 spiro atoms. The van der Waals surface area contributed by atoms with Crippen molar-refractivity contribution in [2.24, 2.45) is 11.7 Å². The second kappa shape index (κ2) is 16.0. The summed E-state index contributed by atoms with van der Waals surface area (Å²) in [6, 6.07) is 15.3. The van der Waals surface area contributed by atoms with Crippen LogP contribution >= 0.6 is 0 Å². The minimum Gasteiger partial charge on any atom is -0.328 e. The van der Waals surface area contributed by atoms with Crippen molar-refractivity contribution in [3.05, 3.63) is 78.1 Å². The van der Waals surface area contributed by atoms with E-state index in [0.717, 1.165) is 58.9 Å². The summed E-state index contributed by atoms with van der Waals surface area (Å²) in [6.07, 6.45) is 10.3. The zero-order chi connectivity index (χ0) is 32.3. The van der Waals surface area contributed by atoms with Gasteiger partial charge in [0, 0.05) is 49.3 Å². The molecule has 1 aliphatic heterocycles. The van der Waals surface area contributed by atoms with Gasteiger partial charge in [-0.05, 0) is 37.0 Å². The van der Waals surface area contributed by atoms with E-state index in [2.05, 4.69) is 46.4 Å². The van der Waals surface area contributed by atoms with Crippen molar-refractivity contribution in [1.29, 1.82) is 0 Å². The minimum atomic E-state index is -2.70. The molecule has 3 heterocycles. The van der Waals surface area contributed by atoms with Gasteiger partial charge in [0.2, 0.25) is 0 Å². The average molecular weight is 606 g/mol. The fourth-order valence-electron chi connectivity index (χ4n) is 4.79. The molecule has 2 N–H and O–H groups in total. The van der Waals surface area contributed by atoms with Crippen LogP contribution in [0.2, 0.25) is 0 Å². The number of ketones is 1. The van der Waals surface area contributed by atoms with Gasteiger partial charge < -0.3 is 10.3 Å². The summed E-state index contributed by atoms with van der Waals surface area (Å²) in [5.74, 6) is -0.0802. The second-order valence-corrected chi connectivity index (χ2v) is 11.8. The maximum atomic E-state index is 13.1. The number of imidazole rings is 1. The van der Waals surface area contributed by atoms with Crippen molar-refractivity contribution in [2.45, 2.75) is 111 Å². The first-order valence-electron chi connectivity index (χ1n) is 16.1. The molecular formula is C36H49F2N5O. The van der Waals surface area contributed by atoms with Gasteiger partial charge in [0.05, 0.1) is 16.6 Å². The molecule has 3 aliphatic rings. The average Bonchev–Trinajstić information content (AvgIpc) is 3.53. The number of Topliss-reactive ketones (excluding diaryl/α,β-unsaturated/α-hetero) is 1. The first kappa shape index (κ1) is 35.0. The van der Waals surface area contributed by atoms with Gasteiger partial charge in [-0.15, -0.1) is 0 Å². The lowest BCUT2D eigenvalue weighted by molar-refractivity contribution is -0.127. The molecule has 0 radical (unpaired) electrons. The van der Waals surface area contributed by atoms with Crippen LogP contribution in [0.5, 0.6) is 0 Å². The van der Waals surface area contributed by atoms with Crippen molar-refractivity contribution in [3.63, 3.8) is 0 Å². The summed E-state index contributed by atoms with van der Waals surface area (Å²) in [5, 5.41) is 0. The highest BCUT2D eigenvalue weighted by Crippen LogP contribution is 2.48. The number of fused-ring (bicyclic) bond motifs is 3. The zero-order valence-corrected chi connectivity index (χ0v) is 27.2. The number of rotatable bonds is 4. The van der Waals surface area contributed by atoms with Crippen LogP contribution in [-0.4, -0.2) is 31.2 Å². The van der Waals surface area contributed by atoms with Gasteiger partial charge in [0.15, 0.2) is 5.78 Å². The van der Waals surface area contributed by atoms with E-state index in [1.54, 1.807) is 19.3 Å². The third-order valence-electron chi connectivity index (χ3n) is 7.73. The molecule has 0 atom stereocenters. The Balaban J connectivity index is 0.000000228. The van der Waals surface area contributed by atoms with Crippen LogP contribution < -0.4 is 5.73 Å². The number of nitrogens with zero attached hydrogens (tertiary/aromatic N) is 4. The molecule has 2 saturated carbocycles. The first-order chi connectivity index (χ1) is 21.0. The number of hydrogen-bond donors (Lipinski definition) is 1. The Hall–Kier alpha value is -3.52. The second-order valence-electron chi connectivity index (χ2n) is 11.8. The molecule has 2 aromatic carbocycles. The van der Waals surface area contributed by atoms with Crippen LogP contribution in [-0.2, 0) is 18.5 Å². The fourth-order valence-corrected chi connectivity index (χ4v) is 4.79. The number of benzene rings is 2. The molecule has 0 amide bonds. The maximum Gasteiger partial charge on any atom is 0.252 e. The maximum absolute atomic E-state index is 13.1. The van der Waals surface area contributed by atoms with E-state index in [-0.39, 0.29) is 11.6 Å². The molecule has 0 saturated heterocycles. The van der Waals surface area contributed by atoms with E-state index in [1.165, 1.54) is 25.7 Å². The number of unbranched alkanes of at least 4 members (excludes halogenated alkanes) is 1. The predicted molar refractivity (Wildman–Crippen MR) is 176 cm³/mol. The quantitative estimate of drug-likeness (QED) is 0.234. The van der Waals surface area contributed by atoms with Crippen molar-refractivity contribution in [2.75, 3.05) is 0 Å². The van der Waals surface area contributed by atoms with E-state index in [0.29, 0.717) is 0 Å². The van der Waals surface area contributed by atoms with Gasteiger partial charge in [-0.25, -0.2) is 23.7 Å². The normalized spacial score (nSPS) is 16.7. The molecular weight excluding hydrogens is 556 g/mol. The van der Waals surface area contributed by atoms with Crippen LogP contribution in [0.15, 0.2) is 60.9 Å². The third-order valence-corrected chi connectivity index (χ3v) is 7.73. The molecule has 238 valence electrons. The van der Waals surface area contributed by atoms with Gasteiger partial charge in [0.1, 0.15) is 11.6 Å². The van der Waals surface area contributed by atoms with Gasteiger partial charge in [-0.3, -0.25) is 4.79 Å². The highest BCUT2D eigenvalue weighted by atomic mass is 19.3. The van der Waals surface area contributed by atoms with Gasteiger partial charge in [-0.2, -0.15) is 0 Å². The van der Waals surface area contributed by atoms with E-state index >= 15 is 0 Å². The zero-order valence-electron chi connectivity index (χ0n) is 27.2. The summed E-state index contributed by atoms with van der Waals surface area (Å²) in [5.41, 5.74) is 9.59. The first-order valence-corrected chi connectivity index (χ1v) is 16.1. The number of aromatic nitrogens is 4. The number of carbonyl (C=O) groups is 1. The molecule has 0 bridgehead atoms. The van der Waals surface area contributed by atoms with Crippen molar-refractivity contribution in [3.8, 4) is 11.1 Å². The van der Waals surface area contributed by atoms with E-state index in [4.69, 9.17) is 5.73 Å². The molecule has 0 unspecified atom stereocenters. The Bertz CT molecular complexity index is 1450. The number of alkyl halides is 2. The van der Waals surface area contributed by atoms with Gasteiger partial charge in [0.25, 0.3) is 5.92 Å². The van der Waals surface area contributed by atoms with Crippen LogP contribution in [0.25, 0.3) is 22.2 Å². The summed E-state index contributed by atoms with van der Waals surface area (Å²) in [7, 11) is 0. The lowest BCUT2D eigenvalue weighted by atomic mass is 9.73. The lowest BCUT2D eigenvalue weighted by Crippen LogP contribution is -2.56. The minimum absolute atomic E-state index is 0.121. The smallest absolute Gasteiger partial charge is 0.252 e. The molecule has 44 heavy (non-hydrogen) atoms. The largest absolute Gasteiger partial charge is 0.328 e. The molecule has 7 rings (SSSR count). The van der Waals surface area contributed by atoms with Crippen LogP contribution in [0, 0.1) is 5.92 Å². The van der Waals surface area contributed by atoms with Gasteiger partial charge >= 0.3 is 0 Å². The van der Waals surface area contributed by atoms with Crippen molar-refractivity contribution < 1.29 is 13.6 Å². The highest BCUT2D eigenvalue weighted by molar-refractivity contribution is 5.93. The Morgan fingerprint density at radius 3 is 2.05 bits per heavy atom.